The first-order valence-electron chi connectivity index (χ1n) is 10.5. The van der Waals surface area contributed by atoms with Gasteiger partial charge in [0.1, 0.15) is 5.82 Å². The molecule has 5 heteroatoms. The maximum atomic E-state index is 13.1. The van der Waals surface area contributed by atoms with Crippen LogP contribution in [0.2, 0.25) is 0 Å². The van der Waals surface area contributed by atoms with Crippen LogP contribution in [0.5, 0.6) is 0 Å². The number of nitrogens with zero attached hydrogens (tertiary/aromatic N) is 4. The van der Waals surface area contributed by atoms with E-state index in [0.29, 0.717) is 5.92 Å². The quantitative estimate of drug-likeness (QED) is 0.635. The molecule has 29 heavy (non-hydrogen) atoms. The van der Waals surface area contributed by atoms with Gasteiger partial charge in [0.2, 0.25) is 5.91 Å². The molecule has 1 aromatic carbocycles. The summed E-state index contributed by atoms with van der Waals surface area (Å²) in [7, 11) is 0. The number of carbonyl (C=O) groups is 1. The Labute approximate surface area is 172 Å². The van der Waals surface area contributed by atoms with Crippen LogP contribution in [0.25, 0.3) is 0 Å². The Kier molecular flexibility index (Phi) is 6.03. The van der Waals surface area contributed by atoms with Gasteiger partial charge in [-0.2, -0.15) is 0 Å². The predicted octanol–water partition coefficient (Wildman–Crippen LogP) is 4.23. The molecule has 0 radical (unpaired) electrons. The summed E-state index contributed by atoms with van der Waals surface area (Å²) in [5.74, 6) is 1.75. The van der Waals surface area contributed by atoms with Crippen molar-refractivity contribution in [3.8, 4) is 0 Å². The van der Waals surface area contributed by atoms with Crippen molar-refractivity contribution in [2.24, 2.45) is 0 Å². The minimum absolute atomic E-state index is 0.0403. The molecule has 3 heterocycles. The Hall–Kier alpha value is -2.95. The van der Waals surface area contributed by atoms with Crippen LogP contribution >= 0.6 is 0 Å². The summed E-state index contributed by atoms with van der Waals surface area (Å²) in [5, 5.41) is 0. The summed E-state index contributed by atoms with van der Waals surface area (Å²) < 4.78 is 2.23. The van der Waals surface area contributed by atoms with Gasteiger partial charge in [0.15, 0.2) is 0 Å². The number of imidazole rings is 1. The summed E-state index contributed by atoms with van der Waals surface area (Å²) in [6, 6.07) is 14.2. The van der Waals surface area contributed by atoms with E-state index in [1.165, 1.54) is 5.56 Å². The second-order valence-electron chi connectivity index (χ2n) is 7.74. The Balaban J connectivity index is 1.40. The Morgan fingerprint density at radius 2 is 1.79 bits per heavy atom. The fourth-order valence-corrected chi connectivity index (χ4v) is 4.32. The van der Waals surface area contributed by atoms with E-state index in [4.69, 9.17) is 0 Å². The summed E-state index contributed by atoms with van der Waals surface area (Å²) in [4.78, 5) is 23.9. The molecule has 150 valence electrons. The lowest BCUT2D eigenvalue weighted by molar-refractivity contribution is -0.134. The van der Waals surface area contributed by atoms with Crippen LogP contribution in [-0.2, 0) is 11.3 Å². The maximum absolute atomic E-state index is 13.1. The van der Waals surface area contributed by atoms with Crippen molar-refractivity contribution in [3.63, 3.8) is 0 Å². The van der Waals surface area contributed by atoms with Crippen molar-refractivity contribution in [3.05, 3.63) is 84.2 Å². The first-order chi connectivity index (χ1) is 14.3. The van der Waals surface area contributed by atoms with Crippen LogP contribution in [0.15, 0.2) is 67.3 Å². The molecule has 1 aliphatic rings. The number of likely N-dealkylation sites (tertiary alicyclic amines) is 1. The van der Waals surface area contributed by atoms with Gasteiger partial charge in [-0.25, -0.2) is 4.98 Å². The van der Waals surface area contributed by atoms with Crippen molar-refractivity contribution in [1.82, 2.24) is 19.4 Å². The summed E-state index contributed by atoms with van der Waals surface area (Å²) >= 11 is 0. The van der Waals surface area contributed by atoms with E-state index in [0.717, 1.165) is 50.3 Å². The highest BCUT2D eigenvalue weighted by atomic mass is 16.2. The lowest BCUT2D eigenvalue weighted by atomic mass is 9.91. The standard InChI is InChI=1S/C24H28N4O/c1-2-22(20-6-4-3-5-7-20)24(29)27-15-10-21(11-16-27)23-26-14-17-28(23)18-19-8-12-25-13-9-19/h3-9,12-14,17,21-22H,2,10-11,15-16,18H2,1H3/t22-/m0/s1. The smallest absolute Gasteiger partial charge is 0.230 e. The molecule has 0 N–H and O–H groups in total. The van der Waals surface area contributed by atoms with Gasteiger partial charge in [0.05, 0.1) is 5.92 Å². The van der Waals surface area contributed by atoms with E-state index in [1.54, 1.807) is 0 Å². The number of piperidine rings is 1. The second-order valence-corrected chi connectivity index (χ2v) is 7.74. The number of aromatic nitrogens is 3. The largest absolute Gasteiger partial charge is 0.342 e. The molecule has 1 saturated heterocycles. The summed E-state index contributed by atoms with van der Waals surface area (Å²) in [6.45, 7) is 4.51. The zero-order chi connectivity index (χ0) is 20.1. The van der Waals surface area contributed by atoms with Gasteiger partial charge in [0.25, 0.3) is 0 Å². The molecule has 0 bridgehead atoms. The number of hydrogen-bond acceptors (Lipinski definition) is 3. The van der Waals surface area contributed by atoms with Gasteiger partial charge in [0, 0.05) is 50.3 Å². The molecule has 2 aromatic heterocycles. The van der Waals surface area contributed by atoms with E-state index < -0.39 is 0 Å². The van der Waals surface area contributed by atoms with Gasteiger partial charge in [-0.05, 0) is 42.5 Å². The number of rotatable bonds is 6. The van der Waals surface area contributed by atoms with Crippen molar-refractivity contribution in [1.29, 1.82) is 0 Å². The Morgan fingerprint density at radius 3 is 2.48 bits per heavy atom. The average molecular weight is 389 g/mol. The molecule has 0 aliphatic carbocycles. The monoisotopic (exact) mass is 388 g/mol. The third-order valence-corrected chi connectivity index (χ3v) is 5.93. The number of carbonyl (C=O) groups excluding carboxylic acids is 1. The average Bonchev–Trinajstić information content (AvgIpc) is 3.24. The molecular weight excluding hydrogens is 360 g/mol. The molecule has 0 spiro atoms. The van der Waals surface area contributed by atoms with Gasteiger partial charge in [-0.15, -0.1) is 0 Å². The molecule has 1 atom stereocenters. The molecule has 1 fully saturated rings. The SMILES string of the molecule is CC[C@H](C(=O)N1CCC(c2nccn2Cc2ccncc2)CC1)c1ccccc1. The molecule has 5 nitrogen and oxygen atoms in total. The van der Waals surface area contributed by atoms with Crippen LogP contribution < -0.4 is 0 Å². The van der Waals surface area contributed by atoms with Gasteiger partial charge in [-0.3, -0.25) is 9.78 Å². The van der Waals surface area contributed by atoms with Crippen LogP contribution in [0.3, 0.4) is 0 Å². The zero-order valence-corrected chi connectivity index (χ0v) is 16.9. The molecule has 4 rings (SSSR count). The third-order valence-electron chi connectivity index (χ3n) is 5.93. The lowest BCUT2D eigenvalue weighted by Gasteiger charge is -2.34. The number of amides is 1. The van der Waals surface area contributed by atoms with E-state index in [1.807, 2.05) is 53.8 Å². The number of pyridine rings is 1. The van der Waals surface area contributed by atoms with E-state index in [2.05, 4.69) is 39.8 Å². The highest BCUT2D eigenvalue weighted by Crippen LogP contribution is 2.30. The highest BCUT2D eigenvalue weighted by Gasteiger charge is 2.30. The molecular formula is C24H28N4O. The third kappa shape index (κ3) is 4.39. The second kappa shape index (κ2) is 9.03. The van der Waals surface area contributed by atoms with Crippen LogP contribution in [0.4, 0.5) is 0 Å². The minimum atomic E-state index is -0.0403. The van der Waals surface area contributed by atoms with Crippen LogP contribution in [0, 0.1) is 0 Å². The van der Waals surface area contributed by atoms with Crippen molar-refractivity contribution in [2.45, 2.75) is 44.6 Å². The topological polar surface area (TPSA) is 51.0 Å². The molecule has 3 aromatic rings. The molecule has 1 aliphatic heterocycles. The van der Waals surface area contributed by atoms with Crippen molar-refractivity contribution >= 4 is 5.91 Å². The van der Waals surface area contributed by atoms with E-state index in [9.17, 15) is 4.79 Å². The van der Waals surface area contributed by atoms with E-state index in [-0.39, 0.29) is 11.8 Å². The number of benzene rings is 1. The molecule has 0 saturated carbocycles. The molecule has 0 unspecified atom stereocenters. The first kappa shape index (κ1) is 19.4. The van der Waals surface area contributed by atoms with Gasteiger partial charge < -0.3 is 9.47 Å². The van der Waals surface area contributed by atoms with Crippen molar-refractivity contribution < 1.29 is 4.79 Å². The predicted molar refractivity (Wildman–Crippen MR) is 114 cm³/mol. The highest BCUT2D eigenvalue weighted by molar-refractivity contribution is 5.83. The normalized spacial score (nSPS) is 16.0. The molecule has 1 amide bonds. The Bertz CT molecular complexity index is 914. The van der Waals surface area contributed by atoms with Crippen LogP contribution in [-0.4, -0.2) is 38.4 Å². The Morgan fingerprint density at radius 1 is 1.07 bits per heavy atom. The summed E-state index contributed by atoms with van der Waals surface area (Å²) in [5.41, 5.74) is 2.34. The first-order valence-corrected chi connectivity index (χ1v) is 10.5. The van der Waals surface area contributed by atoms with Crippen LogP contribution in [0.1, 0.15) is 55.0 Å². The minimum Gasteiger partial charge on any atom is -0.342 e. The maximum Gasteiger partial charge on any atom is 0.230 e. The zero-order valence-electron chi connectivity index (χ0n) is 16.9. The number of hydrogen-bond donors (Lipinski definition) is 0. The van der Waals surface area contributed by atoms with Crippen molar-refractivity contribution in [2.75, 3.05) is 13.1 Å². The summed E-state index contributed by atoms with van der Waals surface area (Å²) in [6.07, 6.45) is 10.3. The van der Waals surface area contributed by atoms with Gasteiger partial charge >= 0.3 is 0 Å². The lowest BCUT2D eigenvalue weighted by Crippen LogP contribution is -2.41. The van der Waals surface area contributed by atoms with Gasteiger partial charge in [-0.1, -0.05) is 37.3 Å². The fourth-order valence-electron chi connectivity index (χ4n) is 4.32. The fraction of sp³-hybridized carbons (Fsp3) is 0.375. The van der Waals surface area contributed by atoms with E-state index >= 15 is 0 Å².